The molecular formula is C34H37FN6O3S. The molecule has 9 nitrogen and oxygen atoms in total. The number of fused-ring (bicyclic) bond motifs is 7. The van der Waals surface area contributed by atoms with Gasteiger partial charge in [-0.15, -0.1) is 11.3 Å². The number of anilines is 2. The largest absolute Gasteiger partial charge is 0.484 e. The third-order valence-corrected chi connectivity index (χ3v) is 11.5. The second-order valence-corrected chi connectivity index (χ2v) is 13.9. The van der Waals surface area contributed by atoms with Gasteiger partial charge in [0.1, 0.15) is 13.2 Å². The van der Waals surface area contributed by atoms with Gasteiger partial charge in [0.2, 0.25) is 5.75 Å². The minimum Gasteiger partial charge on any atom is -0.484 e. The molecule has 2 atom stereocenters. The Balaban J connectivity index is 1.18. The van der Waals surface area contributed by atoms with Crippen LogP contribution in [0, 0.1) is 11.3 Å². The first-order valence-electron chi connectivity index (χ1n) is 16.0. The number of carbonyl (C=O) groups is 1. The zero-order chi connectivity index (χ0) is 30.7. The Morgan fingerprint density at radius 2 is 2.07 bits per heavy atom. The monoisotopic (exact) mass is 628 g/mol. The van der Waals surface area contributed by atoms with Crippen LogP contribution >= 0.6 is 11.3 Å². The Morgan fingerprint density at radius 3 is 2.87 bits per heavy atom. The van der Waals surface area contributed by atoms with Gasteiger partial charge in [0.05, 0.1) is 58.4 Å². The molecule has 0 radical (unpaired) electrons. The van der Waals surface area contributed by atoms with Crippen molar-refractivity contribution < 1.29 is 18.7 Å². The molecule has 0 bridgehead atoms. The van der Waals surface area contributed by atoms with Gasteiger partial charge in [0, 0.05) is 25.2 Å². The fraction of sp³-hybridized carbons (Fsp3) is 0.500. The molecule has 11 heteroatoms. The summed E-state index contributed by atoms with van der Waals surface area (Å²) in [4.78, 5) is 26.7. The van der Waals surface area contributed by atoms with Gasteiger partial charge >= 0.3 is 0 Å². The number of hydrogen-bond donors (Lipinski definition) is 0. The van der Waals surface area contributed by atoms with Gasteiger partial charge in [0.25, 0.3) is 11.8 Å². The number of piperazine rings is 1. The number of nitriles is 1. The first kappa shape index (κ1) is 28.6. The van der Waals surface area contributed by atoms with Crippen LogP contribution in [0.1, 0.15) is 43.4 Å². The summed E-state index contributed by atoms with van der Waals surface area (Å²) in [6, 6.07) is 10.2. The van der Waals surface area contributed by atoms with Crippen molar-refractivity contribution in [2.45, 2.75) is 62.7 Å². The molecule has 45 heavy (non-hydrogen) atoms. The average molecular weight is 629 g/mol. The Kier molecular flexibility index (Phi) is 7.10. The van der Waals surface area contributed by atoms with Crippen molar-refractivity contribution in [2.24, 2.45) is 0 Å². The maximum Gasteiger partial charge on any atom is 0.282 e. The minimum atomic E-state index is -1.01. The van der Waals surface area contributed by atoms with Gasteiger partial charge < -0.3 is 24.2 Å². The molecule has 0 aliphatic carbocycles. The molecule has 0 saturated carbocycles. The van der Waals surface area contributed by atoms with Crippen LogP contribution in [0.15, 0.2) is 42.1 Å². The van der Waals surface area contributed by atoms with Crippen LogP contribution in [0.3, 0.4) is 0 Å². The molecule has 1 aromatic carbocycles. The quantitative estimate of drug-likeness (QED) is 0.351. The molecule has 1 amide bonds. The highest BCUT2D eigenvalue weighted by Gasteiger charge is 2.47. The fourth-order valence-corrected chi connectivity index (χ4v) is 9.31. The molecule has 7 heterocycles. The van der Waals surface area contributed by atoms with E-state index in [0.717, 1.165) is 55.8 Å². The standard InChI is InChI=1S/C34H37FN6O3S/c1-22(35)33(42)41-18-25-20-43-30-29(40(25)17-24(41)7-12-36)26-8-15-38(28-6-2-5-23-9-16-45-31(23)28)19-27(26)37-32(30)44-21-34-10-3-13-39(34)14-4-11-34/h2,5-6,9,16,24-25H,1,3-4,7-8,10-11,13-15,17-21H2/t24-,25?/m0/s1. The number of aromatic nitrogens is 1. The van der Waals surface area contributed by atoms with E-state index in [0.29, 0.717) is 37.9 Å². The van der Waals surface area contributed by atoms with Gasteiger partial charge in [-0.05, 0) is 68.1 Å². The molecule has 234 valence electrons. The third kappa shape index (κ3) is 4.72. The van der Waals surface area contributed by atoms with Crippen molar-refractivity contribution in [1.82, 2.24) is 14.8 Å². The van der Waals surface area contributed by atoms with E-state index in [1.165, 1.54) is 33.5 Å². The number of carbonyl (C=O) groups excluding carboxylic acids is 1. The van der Waals surface area contributed by atoms with Crippen LogP contribution in [0.5, 0.6) is 11.6 Å². The molecule has 3 aromatic rings. The SMILES string of the molecule is C=C(F)C(=O)N1CC2COc3c(OCC45CCCN4CCC5)nc4c(c3N2C[C@@H]1CC#N)CCN(c1cccc2ccsc12)C4. The van der Waals surface area contributed by atoms with Gasteiger partial charge in [-0.2, -0.15) is 5.26 Å². The van der Waals surface area contributed by atoms with Crippen molar-refractivity contribution in [1.29, 1.82) is 5.26 Å². The second kappa shape index (κ2) is 11.2. The Labute approximate surface area is 266 Å². The van der Waals surface area contributed by atoms with E-state index in [2.05, 4.69) is 57.0 Å². The molecule has 2 aromatic heterocycles. The van der Waals surface area contributed by atoms with E-state index in [4.69, 9.17) is 14.5 Å². The summed E-state index contributed by atoms with van der Waals surface area (Å²) in [5, 5.41) is 13.0. The number of rotatable bonds is 6. The maximum absolute atomic E-state index is 14.0. The Hall–Kier alpha value is -3.88. The maximum atomic E-state index is 14.0. The smallest absolute Gasteiger partial charge is 0.282 e. The molecule has 8 rings (SSSR count). The molecule has 1 unspecified atom stereocenters. The fourth-order valence-electron chi connectivity index (χ4n) is 8.37. The minimum absolute atomic E-state index is 0.0567. The molecule has 5 aliphatic heterocycles. The average Bonchev–Trinajstić information content (AvgIpc) is 3.79. The van der Waals surface area contributed by atoms with Crippen LogP contribution in [0.25, 0.3) is 10.1 Å². The number of benzene rings is 1. The molecule has 0 N–H and O–H groups in total. The Bertz CT molecular complexity index is 1710. The summed E-state index contributed by atoms with van der Waals surface area (Å²) in [7, 11) is 0. The van der Waals surface area contributed by atoms with E-state index in [-0.39, 0.29) is 24.5 Å². The first-order valence-corrected chi connectivity index (χ1v) is 16.9. The molecule has 3 fully saturated rings. The van der Waals surface area contributed by atoms with Gasteiger partial charge in [0.15, 0.2) is 5.83 Å². The number of ether oxygens (including phenoxy) is 2. The predicted molar refractivity (Wildman–Crippen MR) is 172 cm³/mol. The second-order valence-electron chi connectivity index (χ2n) is 13.0. The van der Waals surface area contributed by atoms with Crippen molar-refractivity contribution in [3.8, 4) is 17.7 Å². The number of pyridine rings is 1. The molecule has 5 aliphatic rings. The summed E-state index contributed by atoms with van der Waals surface area (Å²) in [6.45, 7) is 8.49. The lowest BCUT2D eigenvalue weighted by atomic mass is 9.95. The van der Waals surface area contributed by atoms with E-state index in [9.17, 15) is 14.4 Å². The van der Waals surface area contributed by atoms with E-state index < -0.39 is 17.8 Å². The summed E-state index contributed by atoms with van der Waals surface area (Å²) in [5.74, 6) is -0.576. The summed E-state index contributed by atoms with van der Waals surface area (Å²) >= 11 is 1.76. The van der Waals surface area contributed by atoms with E-state index in [1.807, 2.05) is 0 Å². The lowest BCUT2D eigenvalue weighted by Gasteiger charge is -2.50. The summed E-state index contributed by atoms with van der Waals surface area (Å²) in [6.07, 6.45) is 5.51. The highest BCUT2D eigenvalue weighted by Crippen LogP contribution is 2.49. The number of nitrogens with zero attached hydrogens (tertiary/aromatic N) is 6. The number of halogens is 1. The number of amides is 1. The van der Waals surface area contributed by atoms with Crippen LogP contribution in [-0.4, -0.2) is 84.3 Å². The number of thiophene rings is 1. The highest BCUT2D eigenvalue weighted by atomic mass is 32.1. The molecular weight excluding hydrogens is 591 g/mol. The van der Waals surface area contributed by atoms with Crippen molar-refractivity contribution in [3.63, 3.8) is 0 Å². The van der Waals surface area contributed by atoms with Gasteiger partial charge in [-0.1, -0.05) is 18.7 Å². The zero-order valence-electron chi connectivity index (χ0n) is 25.3. The Morgan fingerprint density at radius 1 is 1.22 bits per heavy atom. The zero-order valence-corrected chi connectivity index (χ0v) is 26.2. The third-order valence-electron chi connectivity index (χ3n) is 10.6. The van der Waals surface area contributed by atoms with E-state index >= 15 is 0 Å². The van der Waals surface area contributed by atoms with Crippen LogP contribution < -0.4 is 19.3 Å². The highest BCUT2D eigenvalue weighted by molar-refractivity contribution is 7.17. The summed E-state index contributed by atoms with van der Waals surface area (Å²) in [5.41, 5.74) is 4.32. The lowest BCUT2D eigenvalue weighted by Crippen LogP contribution is -2.63. The predicted octanol–water partition coefficient (Wildman–Crippen LogP) is 5.04. The van der Waals surface area contributed by atoms with Gasteiger partial charge in [-0.3, -0.25) is 9.69 Å². The van der Waals surface area contributed by atoms with Crippen LogP contribution in [0.2, 0.25) is 0 Å². The van der Waals surface area contributed by atoms with Crippen LogP contribution in [0.4, 0.5) is 15.8 Å². The summed E-state index contributed by atoms with van der Waals surface area (Å²) < 4.78 is 28.5. The van der Waals surface area contributed by atoms with Gasteiger partial charge in [-0.25, -0.2) is 9.37 Å². The normalized spacial score (nSPS) is 23.5. The van der Waals surface area contributed by atoms with E-state index in [1.54, 1.807) is 11.3 Å². The molecule has 0 spiro atoms. The van der Waals surface area contributed by atoms with Crippen molar-refractivity contribution in [2.75, 3.05) is 55.7 Å². The topological polar surface area (TPSA) is 85.2 Å². The van der Waals surface area contributed by atoms with Crippen molar-refractivity contribution >= 4 is 38.7 Å². The molecule has 3 saturated heterocycles. The number of hydrogen-bond acceptors (Lipinski definition) is 9. The van der Waals surface area contributed by atoms with Crippen LogP contribution in [-0.2, 0) is 17.8 Å². The first-order chi connectivity index (χ1) is 22.0. The lowest BCUT2D eigenvalue weighted by molar-refractivity contribution is -0.132. The van der Waals surface area contributed by atoms with Crippen molar-refractivity contribution in [3.05, 3.63) is 53.3 Å².